The number of rotatable bonds is 8. The Hall–Kier alpha value is 0.597. The van der Waals surface area contributed by atoms with Crippen molar-refractivity contribution in [2.75, 3.05) is 0 Å². The van der Waals surface area contributed by atoms with Crippen LogP contribution in [0.2, 0.25) is 36.3 Å². The number of allylic oxidation sites excluding steroid dienone is 8. The third-order valence-corrected chi connectivity index (χ3v) is 22.1. The predicted molar refractivity (Wildman–Crippen MR) is 155 cm³/mol. The fraction of sp³-hybridized carbons (Fsp3) is 0.688. The number of fused-ring (bicyclic) bond motifs is 2. The van der Waals surface area contributed by atoms with Gasteiger partial charge in [-0.3, -0.25) is 0 Å². The molecule has 0 aromatic carbocycles. The second kappa shape index (κ2) is 15.6. The molecule has 4 fully saturated rings. The zero-order valence-corrected chi connectivity index (χ0v) is 29.6. The molecule has 204 valence electrons. The van der Waals surface area contributed by atoms with Crippen molar-refractivity contribution in [2.45, 2.75) is 127 Å². The van der Waals surface area contributed by atoms with E-state index >= 15 is 0 Å². The zero-order valence-electron chi connectivity index (χ0n) is 23.6. The summed E-state index contributed by atoms with van der Waals surface area (Å²) in [5.41, 5.74) is 7.67. The molecule has 2 saturated carbocycles. The van der Waals surface area contributed by atoms with E-state index in [1.165, 1.54) is 77.0 Å². The van der Waals surface area contributed by atoms with Crippen LogP contribution in [0.5, 0.6) is 0 Å². The van der Waals surface area contributed by atoms with Crippen molar-refractivity contribution >= 4 is 16.1 Å². The molecule has 0 nitrogen and oxygen atoms in total. The van der Waals surface area contributed by atoms with Crippen molar-refractivity contribution in [1.82, 2.24) is 0 Å². The van der Waals surface area contributed by atoms with Crippen LogP contribution in [0.4, 0.5) is 0 Å². The van der Waals surface area contributed by atoms with Gasteiger partial charge in [0.25, 0.3) is 0 Å². The molecule has 0 radical (unpaired) electrons. The van der Waals surface area contributed by atoms with Gasteiger partial charge in [0, 0.05) is 0 Å². The Morgan fingerprint density at radius 1 is 0.703 bits per heavy atom. The van der Waals surface area contributed by atoms with E-state index in [0.29, 0.717) is 0 Å². The van der Waals surface area contributed by atoms with Crippen LogP contribution in [0.25, 0.3) is 0 Å². The fourth-order valence-corrected chi connectivity index (χ4v) is 18.7. The molecule has 2 saturated heterocycles. The van der Waals surface area contributed by atoms with Gasteiger partial charge in [0.15, 0.2) is 0 Å². The minimum absolute atomic E-state index is 0. The molecule has 6 aliphatic rings. The molecule has 2 atom stereocenters. The largest absolute Gasteiger partial charge is 4.00 e. The SMILES string of the molecule is CCCC[Si]1([C-]2CCC3CC=CC=C23)CCC1.CCCC[Si]1([C-]2CCC3CC=CC=C23)CCC1.[Cl-].[Cl-].[Zr+4]. The normalized spacial score (nSPS) is 27.4. The third-order valence-electron chi connectivity index (χ3n) is 10.6. The van der Waals surface area contributed by atoms with Crippen LogP contribution >= 0.6 is 0 Å². The van der Waals surface area contributed by atoms with Crippen molar-refractivity contribution < 1.29 is 51.0 Å². The Morgan fingerprint density at radius 3 is 1.43 bits per heavy atom. The molecule has 4 aliphatic carbocycles. The van der Waals surface area contributed by atoms with Crippen LogP contribution in [0, 0.1) is 22.9 Å². The maximum atomic E-state index is 2.47. The van der Waals surface area contributed by atoms with Gasteiger partial charge >= 0.3 is 26.2 Å². The summed E-state index contributed by atoms with van der Waals surface area (Å²) < 4.78 is 0. The van der Waals surface area contributed by atoms with Gasteiger partial charge in [0.2, 0.25) is 0 Å². The molecular formula is C32H50Cl2Si2Zr. The Bertz CT molecular complexity index is 757. The van der Waals surface area contributed by atoms with Crippen LogP contribution in [0.15, 0.2) is 47.6 Å². The molecule has 0 aromatic heterocycles. The quantitative estimate of drug-likeness (QED) is 0.274. The second-order valence-electron chi connectivity index (χ2n) is 12.5. The number of unbranched alkanes of at least 4 members (excludes halogenated alkanes) is 2. The molecule has 0 aromatic rings. The summed E-state index contributed by atoms with van der Waals surface area (Å²) in [6.45, 7) is 4.71. The second-order valence-corrected chi connectivity index (χ2v) is 21.8. The number of halogens is 2. The first-order valence-corrected chi connectivity index (χ1v) is 20.4. The van der Waals surface area contributed by atoms with Crippen LogP contribution in [0.1, 0.15) is 90.9 Å². The molecule has 2 unspecified atom stereocenters. The molecule has 0 bridgehead atoms. The molecule has 37 heavy (non-hydrogen) atoms. The Balaban J connectivity index is 0.000000241. The first-order valence-electron chi connectivity index (χ1n) is 15.2. The summed E-state index contributed by atoms with van der Waals surface area (Å²) >= 11 is 0. The first kappa shape index (κ1) is 33.8. The van der Waals surface area contributed by atoms with Crippen LogP contribution in [0.3, 0.4) is 0 Å². The molecule has 2 aliphatic heterocycles. The van der Waals surface area contributed by atoms with Crippen LogP contribution in [-0.2, 0) is 26.2 Å². The van der Waals surface area contributed by atoms with E-state index in [1.807, 2.05) is 22.2 Å². The average Bonchev–Trinajstić information content (AvgIpc) is 3.44. The molecule has 0 amide bonds. The van der Waals surface area contributed by atoms with E-state index in [4.69, 9.17) is 0 Å². The maximum Gasteiger partial charge on any atom is 4.00 e. The fourth-order valence-electron chi connectivity index (χ4n) is 8.31. The maximum absolute atomic E-state index is 2.47. The zero-order chi connectivity index (χ0) is 23.4. The Morgan fingerprint density at radius 2 is 1.11 bits per heavy atom. The van der Waals surface area contributed by atoms with E-state index in [9.17, 15) is 0 Å². The van der Waals surface area contributed by atoms with Crippen molar-refractivity contribution in [3.63, 3.8) is 0 Å². The average molecular weight is 653 g/mol. The van der Waals surface area contributed by atoms with Crippen molar-refractivity contribution in [3.8, 4) is 0 Å². The summed E-state index contributed by atoms with van der Waals surface area (Å²) in [7, 11) is -1.85. The van der Waals surface area contributed by atoms with Gasteiger partial charge < -0.3 is 24.8 Å². The predicted octanol–water partition coefficient (Wildman–Crippen LogP) is 4.10. The van der Waals surface area contributed by atoms with Gasteiger partial charge in [0.05, 0.1) is 0 Å². The Kier molecular flexibility index (Phi) is 14.2. The topological polar surface area (TPSA) is 0 Å². The van der Waals surface area contributed by atoms with Gasteiger partial charge in [-0.05, 0) is 40.8 Å². The molecule has 2 heterocycles. The van der Waals surface area contributed by atoms with Gasteiger partial charge in [-0.25, -0.2) is 34.4 Å². The standard InChI is InChI=1S/2C16H25Si.2ClH.Zr/c2*1-2-3-11-17(12-6-13-17)16-10-9-14-7-4-5-8-15(14)16;;;/h2*4-5,8,14H,2-3,6-7,9-13H2,1H3;2*1H;/q2*-1;;;+4/p-2. The monoisotopic (exact) mass is 650 g/mol. The van der Waals surface area contributed by atoms with E-state index < -0.39 is 16.1 Å². The number of hydrogen-bond acceptors (Lipinski definition) is 0. The number of hydrogen-bond donors (Lipinski definition) is 0. The summed E-state index contributed by atoms with van der Waals surface area (Å²) in [6, 6.07) is 9.69. The van der Waals surface area contributed by atoms with Crippen molar-refractivity contribution in [3.05, 3.63) is 58.7 Å². The van der Waals surface area contributed by atoms with Gasteiger partial charge in [-0.1, -0.05) is 114 Å². The van der Waals surface area contributed by atoms with Crippen LogP contribution < -0.4 is 24.8 Å². The van der Waals surface area contributed by atoms with Gasteiger partial charge in [-0.2, -0.15) is 0 Å². The van der Waals surface area contributed by atoms with Crippen LogP contribution in [-0.4, -0.2) is 16.1 Å². The summed E-state index contributed by atoms with van der Waals surface area (Å²) in [6.07, 6.45) is 31.7. The first-order chi connectivity index (χ1) is 16.7. The van der Waals surface area contributed by atoms with Gasteiger partial charge in [-0.15, -0.1) is 24.3 Å². The molecular weight excluding hydrogens is 603 g/mol. The van der Waals surface area contributed by atoms with Gasteiger partial charge in [0.1, 0.15) is 0 Å². The summed E-state index contributed by atoms with van der Waals surface area (Å²) in [5, 5.41) is 0. The minimum atomic E-state index is -0.924. The summed E-state index contributed by atoms with van der Waals surface area (Å²) in [5.74, 6) is 1.84. The Labute approximate surface area is 263 Å². The van der Waals surface area contributed by atoms with E-state index in [-0.39, 0.29) is 51.0 Å². The third kappa shape index (κ3) is 7.09. The van der Waals surface area contributed by atoms with E-state index in [0.717, 1.165) is 11.8 Å². The molecule has 0 N–H and O–H groups in total. The summed E-state index contributed by atoms with van der Waals surface area (Å²) in [4.78, 5) is 0. The smallest absolute Gasteiger partial charge is 1.00 e. The molecule has 0 spiro atoms. The van der Waals surface area contributed by atoms with Crippen molar-refractivity contribution in [2.24, 2.45) is 11.8 Å². The van der Waals surface area contributed by atoms with E-state index in [2.05, 4.69) is 50.3 Å². The van der Waals surface area contributed by atoms with Crippen molar-refractivity contribution in [1.29, 1.82) is 0 Å². The molecule has 5 heteroatoms. The molecule has 6 rings (SSSR count). The minimum Gasteiger partial charge on any atom is -1.00 e. The van der Waals surface area contributed by atoms with E-state index in [1.54, 1.807) is 36.3 Å².